The summed E-state index contributed by atoms with van der Waals surface area (Å²) in [6.45, 7) is 4.26. The molecule has 0 bridgehead atoms. The van der Waals surface area contributed by atoms with Crippen molar-refractivity contribution >= 4 is 28.3 Å². The van der Waals surface area contributed by atoms with Gasteiger partial charge in [-0.15, -0.1) is 11.6 Å². The molecule has 5 heteroatoms. The number of hydrogen-bond acceptors (Lipinski definition) is 4. The van der Waals surface area contributed by atoms with Crippen molar-refractivity contribution in [3.8, 4) is 0 Å². The molecule has 2 unspecified atom stereocenters. The van der Waals surface area contributed by atoms with Crippen LogP contribution in [0.1, 0.15) is 38.4 Å². The van der Waals surface area contributed by atoms with Gasteiger partial charge in [-0.1, -0.05) is 6.92 Å². The third kappa shape index (κ3) is 2.82. The zero-order valence-corrected chi connectivity index (χ0v) is 10.6. The fourth-order valence-corrected chi connectivity index (χ4v) is 2.28. The second-order valence-electron chi connectivity index (χ2n) is 4.30. The van der Waals surface area contributed by atoms with E-state index in [0.717, 1.165) is 11.0 Å². The lowest BCUT2D eigenvalue weighted by Gasteiger charge is -2.17. The first-order valence-electron chi connectivity index (χ1n) is 5.36. The summed E-state index contributed by atoms with van der Waals surface area (Å²) in [5.41, 5.74) is 0. The van der Waals surface area contributed by atoms with E-state index in [2.05, 4.69) is 28.5 Å². The first-order chi connectivity index (χ1) is 7.20. The van der Waals surface area contributed by atoms with Gasteiger partial charge < -0.3 is 5.32 Å². The molecule has 2 atom stereocenters. The lowest BCUT2D eigenvalue weighted by atomic mass is 10.1. The Morgan fingerprint density at radius 1 is 1.53 bits per heavy atom. The molecular formula is C10H16ClN3S. The second kappa shape index (κ2) is 4.66. The highest BCUT2D eigenvalue weighted by Gasteiger charge is 2.28. The quantitative estimate of drug-likeness (QED) is 0.811. The predicted molar refractivity (Wildman–Crippen MR) is 64.9 cm³/mol. The Morgan fingerprint density at radius 3 is 2.87 bits per heavy atom. The Bertz CT molecular complexity index is 324. The second-order valence-corrected chi connectivity index (χ2v) is 5.36. The smallest absolute Gasteiger partial charge is 0.202 e. The van der Waals surface area contributed by atoms with Crippen LogP contribution in [0.4, 0.5) is 5.13 Å². The molecule has 1 aromatic rings. The summed E-state index contributed by atoms with van der Waals surface area (Å²) in [6, 6.07) is 0.350. The van der Waals surface area contributed by atoms with E-state index in [1.165, 1.54) is 24.4 Å². The fourth-order valence-electron chi connectivity index (χ4n) is 1.27. The standard InChI is InChI=1S/C10H16ClN3S/c1-6(5-11)7(2)12-10-13-9(14-15-10)8-3-4-8/h6-8H,3-5H2,1-2H3,(H,12,13,14). The third-order valence-electron chi connectivity index (χ3n) is 2.83. The average Bonchev–Trinajstić information content (AvgIpc) is 2.99. The van der Waals surface area contributed by atoms with Gasteiger partial charge in [0.05, 0.1) is 0 Å². The van der Waals surface area contributed by atoms with Gasteiger partial charge in [0.15, 0.2) is 0 Å². The van der Waals surface area contributed by atoms with Crippen molar-refractivity contribution in [2.24, 2.45) is 5.92 Å². The summed E-state index contributed by atoms with van der Waals surface area (Å²) >= 11 is 7.26. The van der Waals surface area contributed by atoms with E-state index >= 15 is 0 Å². The van der Waals surface area contributed by atoms with Gasteiger partial charge in [0.1, 0.15) is 5.82 Å². The summed E-state index contributed by atoms with van der Waals surface area (Å²) in [7, 11) is 0. The van der Waals surface area contributed by atoms with Gasteiger partial charge in [0.2, 0.25) is 5.13 Å². The van der Waals surface area contributed by atoms with Crippen molar-refractivity contribution in [2.75, 3.05) is 11.2 Å². The maximum absolute atomic E-state index is 5.81. The van der Waals surface area contributed by atoms with Crippen LogP contribution in [0, 0.1) is 5.92 Å². The van der Waals surface area contributed by atoms with Crippen molar-refractivity contribution in [3.63, 3.8) is 0 Å². The first-order valence-corrected chi connectivity index (χ1v) is 6.67. The number of rotatable bonds is 5. The summed E-state index contributed by atoms with van der Waals surface area (Å²) < 4.78 is 4.35. The zero-order valence-electron chi connectivity index (χ0n) is 9.03. The van der Waals surface area contributed by atoms with Crippen molar-refractivity contribution < 1.29 is 0 Å². The minimum absolute atomic E-state index is 0.350. The molecule has 1 saturated carbocycles. The average molecular weight is 246 g/mol. The number of anilines is 1. The van der Waals surface area contributed by atoms with Crippen LogP contribution in [0.15, 0.2) is 0 Å². The van der Waals surface area contributed by atoms with Crippen LogP contribution >= 0.6 is 23.1 Å². The van der Waals surface area contributed by atoms with Gasteiger partial charge in [0, 0.05) is 29.4 Å². The topological polar surface area (TPSA) is 37.8 Å². The lowest BCUT2D eigenvalue weighted by molar-refractivity contribution is 0.565. The van der Waals surface area contributed by atoms with E-state index in [1.807, 2.05) is 0 Å². The highest BCUT2D eigenvalue weighted by molar-refractivity contribution is 7.09. The Labute approximate surface area is 99.4 Å². The number of nitrogens with zero attached hydrogens (tertiary/aromatic N) is 2. The minimum atomic E-state index is 0.350. The van der Waals surface area contributed by atoms with Gasteiger partial charge in [-0.25, -0.2) is 4.98 Å². The molecule has 0 radical (unpaired) electrons. The Balaban J connectivity index is 1.91. The van der Waals surface area contributed by atoms with Gasteiger partial charge in [0.25, 0.3) is 0 Å². The van der Waals surface area contributed by atoms with Crippen LogP contribution in [-0.2, 0) is 0 Å². The van der Waals surface area contributed by atoms with Crippen LogP contribution in [0.3, 0.4) is 0 Å². The number of halogens is 1. The number of nitrogens with one attached hydrogen (secondary N) is 1. The van der Waals surface area contributed by atoms with E-state index in [1.54, 1.807) is 0 Å². The third-order valence-corrected chi connectivity index (χ3v) is 3.98. The van der Waals surface area contributed by atoms with E-state index in [9.17, 15) is 0 Å². The molecule has 0 saturated heterocycles. The Hall–Kier alpha value is -0.350. The SMILES string of the molecule is CC(CCl)C(C)Nc1nc(C2CC2)ns1. The lowest BCUT2D eigenvalue weighted by Crippen LogP contribution is -2.24. The highest BCUT2D eigenvalue weighted by Crippen LogP contribution is 2.39. The maximum Gasteiger partial charge on any atom is 0.202 e. The number of aromatic nitrogens is 2. The molecule has 1 N–H and O–H groups in total. The highest BCUT2D eigenvalue weighted by atomic mass is 35.5. The van der Waals surface area contributed by atoms with Crippen LogP contribution in [0.2, 0.25) is 0 Å². The van der Waals surface area contributed by atoms with Crippen molar-refractivity contribution in [3.05, 3.63) is 5.82 Å². The molecule has 1 heterocycles. The zero-order chi connectivity index (χ0) is 10.8. The summed E-state index contributed by atoms with van der Waals surface area (Å²) in [5.74, 6) is 2.77. The van der Waals surface area contributed by atoms with E-state index in [4.69, 9.17) is 11.6 Å². The molecule has 0 aromatic carbocycles. The Kier molecular flexibility index (Phi) is 3.46. The molecule has 84 valence electrons. The maximum atomic E-state index is 5.81. The summed E-state index contributed by atoms with van der Waals surface area (Å²) in [5, 5.41) is 4.29. The van der Waals surface area contributed by atoms with Gasteiger partial charge in [-0.05, 0) is 25.7 Å². The predicted octanol–water partition coefficient (Wildman–Crippen LogP) is 3.09. The monoisotopic (exact) mass is 245 g/mol. The van der Waals surface area contributed by atoms with Crippen LogP contribution in [0.5, 0.6) is 0 Å². The van der Waals surface area contributed by atoms with E-state index < -0.39 is 0 Å². The molecule has 1 aliphatic rings. The normalized spacial score (nSPS) is 19.9. The van der Waals surface area contributed by atoms with Crippen molar-refractivity contribution in [2.45, 2.75) is 38.6 Å². The largest absolute Gasteiger partial charge is 0.358 e. The molecule has 15 heavy (non-hydrogen) atoms. The van der Waals surface area contributed by atoms with Gasteiger partial charge in [-0.3, -0.25) is 0 Å². The molecule has 1 aromatic heterocycles. The van der Waals surface area contributed by atoms with Crippen molar-refractivity contribution in [1.29, 1.82) is 0 Å². The van der Waals surface area contributed by atoms with Gasteiger partial charge in [-0.2, -0.15) is 4.37 Å². The molecule has 3 nitrogen and oxygen atoms in total. The van der Waals surface area contributed by atoms with Crippen LogP contribution in [0.25, 0.3) is 0 Å². The first kappa shape index (κ1) is 11.1. The molecule has 1 fully saturated rings. The van der Waals surface area contributed by atoms with E-state index in [0.29, 0.717) is 23.8 Å². The fraction of sp³-hybridized carbons (Fsp3) is 0.800. The molecule has 1 aliphatic carbocycles. The summed E-state index contributed by atoms with van der Waals surface area (Å²) in [4.78, 5) is 4.48. The minimum Gasteiger partial charge on any atom is -0.358 e. The molecular weight excluding hydrogens is 230 g/mol. The molecule has 2 rings (SSSR count). The van der Waals surface area contributed by atoms with Crippen LogP contribution < -0.4 is 5.32 Å². The van der Waals surface area contributed by atoms with E-state index in [-0.39, 0.29) is 0 Å². The number of hydrogen-bond donors (Lipinski definition) is 1. The summed E-state index contributed by atoms with van der Waals surface area (Å²) in [6.07, 6.45) is 2.51. The molecule has 0 amide bonds. The van der Waals surface area contributed by atoms with Crippen molar-refractivity contribution in [1.82, 2.24) is 9.36 Å². The Morgan fingerprint density at radius 2 is 2.27 bits per heavy atom. The van der Waals surface area contributed by atoms with Crippen LogP contribution in [-0.4, -0.2) is 21.3 Å². The molecule has 0 spiro atoms. The molecule has 0 aliphatic heterocycles. The van der Waals surface area contributed by atoms with Gasteiger partial charge >= 0.3 is 0 Å². The number of alkyl halides is 1.